The summed E-state index contributed by atoms with van der Waals surface area (Å²) in [5.74, 6) is 1.73. The van der Waals surface area contributed by atoms with Gasteiger partial charge in [0.1, 0.15) is 22.5 Å². The Hall–Kier alpha value is -1.62. The lowest BCUT2D eigenvalue weighted by Crippen LogP contribution is -2.08. The van der Waals surface area contributed by atoms with Gasteiger partial charge in [-0.15, -0.1) is 0 Å². The van der Waals surface area contributed by atoms with Gasteiger partial charge in [0.05, 0.1) is 0 Å². The van der Waals surface area contributed by atoms with Crippen LogP contribution >= 0.6 is 11.8 Å². The molecular weight excluding hydrogens is 285 g/mol. The van der Waals surface area contributed by atoms with Gasteiger partial charge in [-0.05, 0) is 38.1 Å². The van der Waals surface area contributed by atoms with Crippen LogP contribution in [-0.2, 0) is 0 Å². The first-order valence-electron chi connectivity index (χ1n) is 7.07. The Kier molecular flexibility index (Phi) is 5.17. The van der Waals surface area contributed by atoms with Gasteiger partial charge in [-0.1, -0.05) is 25.6 Å². The van der Waals surface area contributed by atoms with Crippen LogP contribution in [0, 0.1) is 12.7 Å². The Morgan fingerprint density at radius 3 is 2.43 bits per heavy atom. The summed E-state index contributed by atoms with van der Waals surface area (Å²) < 4.78 is 13.0. The van der Waals surface area contributed by atoms with E-state index in [9.17, 15) is 4.39 Å². The summed E-state index contributed by atoms with van der Waals surface area (Å²) in [6.45, 7) is 9.02. The van der Waals surface area contributed by atoms with Crippen molar-refractivity contribution >= 4 is 17.6 Å². The summed E-state index contributed by atoms with van der Waals surface area (Å²) in [5, 5.41) is 4.20. The zero-order valence-electron chi connectivity index (χ0n) is 12.8. The Bertz CT molecular complexity index is 612. The second kappa shape index (κ2) is 6.89. The fraction of sp³-hybridized carbons (Fsp3) is 0.375. The topological polar surface area (TPSA) is 37.8 Å². The maximum absolute atomic E-state index is 13.0. The number of hydrogen-bond acceptors (Lipinski definition) is 4. The number of rotatable bonds is 5. The van der Waals surface area contributed by atoms with Gasteiger partial charge in [0.15, 0.2) is 0 Å². The molecule has 0 aliphatic heterocycles. The largest absolute Gasteiger partial charge is 0.370 e. The van der Waals surface area contributed by atoms with E-state index in [1.165, 1.54) is 23.9 Å². The first-order chi connectivity index (χ1) is 10.0. The summed E-state index contributed by atoms with van der Waals surface area (Å²) in [6.07, 6.45) is 0. The van der Waals surface area contributed by atoms with Crippen LogP contribution in [-0.4, -0.2) is 16.5 Å². The van der Waals surface area contributed by atoms with Crippen LogP contribution in [0.25, 0.3) is 0 Å². The van der Waals surface area contributed by atoms with E-state index < -0.39 is 0 Å². The molecule has 0 spiro atoms. The van der Waals surface area contributed by atoms with Gasteiger partial charge >= 0.3 is 0 Å². The van der Waals surface area contributed by atoms with Gasteiger partial charge in [-0.25, -0.2) is 14.4 Å². The third-order valence-electron chi connectivity index (χ3n) is 3.01. The zero-order valence-corrected chi connectivity index (χ0v) is 13.6. The maximum atomic E-state index is 13.0. The molecule has 2 rings (SSSR count). The lowest BCUT2D eigenvalue weighted by atomic mass is 10.2. The number of aromatic nitrogens is 2. The Balaban J connectivity index is 2.38. The molecular formula is C16H20FN3S. The summed E-state index contributed by atoms with van der Waals surface area (Å²) in [4.78, 5) is 10.2. The number of nitrogens with one attached hydrogen (secondary N) is 1. The van der Waals surface area contributed by atoms with Crippen molar-refractivity contribution in [3.05, 3.63) is 41.5 Å². The highest BCUT2D eigenvalue weighted by Gasteiger charge is 2.13. The monoisotopic (exact) mass is 305 g/mol. The molecule has 2 aromatic rings. The van der Waals surface area contributed by atoms with Crippen LogP contribution in [0.1, 0.15) is 38.1 Å². The molecule has 0 amide bonds. The fourth-order valence-electron chi connectivity index (χ4n) is 1.82. The van der Waals surface area contributed by atoms with Gasteiger partial charge in [0.2, 0.25) is 0 Å². The SMILES string of the molecule is CCNc1nc(C(C)C)nc(Sc2ccc(F)cc2)c1C. The third kappa shape index (κ3) is 3.94. The van der Waals surface area contributed by atoms with E-state index in [2.05, 4.69) is 29.1 Å². The van der Waals surface area contributed by atoms with Crippen LogP contribution in [0.15, 0.2) is 34.2 Å². The molecule has 1 heterocycles. The van der Waals surface area contributed by atoms with E-state index in [4.69, 9.17) is 0 Å². The highest BCUT2D eigenvalue weighted by atomic mass is 32.2. The molecule has 0 aliphatic rings. The minimum Gasteiger partial charge on any atom is -0.370 e. The number of benzene rings is 1. The van der Waals surface area contributed by atoms with Crippen LogP contribution in [0.5, 0.6) is 0 Å². The van der Waals surface area contributed by atoms with Crippen molar-refractivity contribution in [1.82, 2.24) is 9.97 Å². The van der Waals surface area contributed by atoms with E-state index in [1.807, 2.05) is 13.8 Å². The average molecular weight is 305 g/mol. The first-order valence-corrected chi connectivity index (χ1v) is 7.88. The van der Waals surface area contributed by atoms with Gasteiger partial charge in [-0.2, -0.15) is 0 Å². The smallest absolute Gasteiger partial charge is 0.134 e. The molecule has 3 nitrogen and oxygen atoms in total. The molecule has 0 radical (unpaired) electrons. The maximum Gasteiger partial charge on any atom is 0.134 e. The second-order valence-corrected chi connectivity index (χ2v) is 6.16. The summed E-state index contributed by atoms with van der Waals surface area (Å²) in [5.41, 5.74) is 1.02. The van der Waals surface area contributed by atoms with Crippen molar-refractivity contribution < 1.29 is 4.39 Å². The van der Waals surface area contributed by atoms with E-state index in [0.29, 0.717) is 0 Å². The molecule has 0 saturated heterocycles. The highest BCUT2D eigenvalue weighted by molar-refractivity contribution is 7.99. The summed E-state index contributed by atoms with van der Waals surface area (Å²) in [7, 11) is 0. The minimum atomic E-state index is -0.227. The van der Waals surface area contributed by atoms with Crippen molar-refractivity contribution in [2.24, 2.45) is 0 Å². The Morgan fingerprint density at radius 2 is 1.86 bits per heavy atom. The van der Waals surface area contributed by atoms with E-state index in [-0.39, 0.29) is 11.7 Å². The van der Waals surface area contributed by atoms with Gasteiger partial charge < -0.3 is 5.32 Å². The van der Waals surface area contributed by atoms with Crippen molar-refractivity contribution in [2.75, 3.05) is 11.9 Å². The van der Waals surface area contributed by atoms with Crippen LogP contribution in [0.3, 0.4) is 0 Å². The minimum absolute atomic E-state index is 0.227. The van der Waals surface area contributed by atoms with Crippen molar-refractivity contribution in [1.29, 1.82) is 0 Å². The fourth-order valence-corrected chi connectivity index (χ4v) is 2.71. The highest BCUT2D eigenvalue weighted by Crippen LogP contribution is 2.32. The van der Waals surface area contributed by atoms with E-state index >= 15 is 0 Å². The van der Waals surface area contributed by atoms with Crippen LogP contribution in [0.2, 0.25) is 0 Å². The second-order valence-electron chi connectivity index (χ2n) is 5.10. The van der Waals surface area contributed by atoms with E-state index in [1.54, 1.807) is 12.1 Å². The molecule has 1 aromatic heterocycles. The predicted molar refractivity (Wildman–Crippen MR) is 85.5 cm³/mol. The zero-order chi connectivity index (χ0) is 15.4. The Morgan fingerprint density at radius 1 is 1.19 bits per heavy atom. The molecule has 1 N–H and O–H groups in total. The van der Waals surface area contributed by atoms with Gasteiger partial charge in [0, 0.05) is 22.9 Å². The standard InChI is InChI=1S/C16H20FN3S/c1-5-18-15-11(4)16(20-14(19-15)10(2)3)21-13-8-6-12(17)7-9-13/h6-10H,5H2,1-4H3,(H,18,19,20). The molecule has 0 aliphatic carbocycles. The van der Waals surface area contributed by atoms with Gasteiger partial charge in [0.25, 0.3) is 0 Å². The lowest BCUT2D eigenvalue weighted by molar-refractivity contribution is 0.626. The summed E-state index contributed by atoms with van der Waals surface area (Å²) >= 11 is 1.54. The molecule has 1 aromatic carbocycles. The number of hydrogen-bond donors (Lipinski definition) is 1. The summed E-state index contributed by atoms with van der Waals surface area (Å²) in [6, 6.07) is 6.47. The van der Waals surface area contributed by atoms with E-state index in [0.717, 1.165) is 33.7 Å². The molecule has 0 fully saturated rings. The number of nitrogens with zero attached hydrogens (tertiary/aromatic N) is 2. The first kappa shape index (κ1) is 15.8. The molecule has 0 bridgehead atoms. The van der Waals surface area contributed by atoms with Gasteiger partial charge in [-0.3, -0.25) is 0 Å². The quantitative estimate of drug-likeness (QED) is 0.817. The van der Waals surface area contributed by atoms with Crippen molar-refractivity contribution in [3.63, 3.8) is 0 Å². The van der Waals surface area contributed by atoms with Crippen LogP contribution in [0.4, 0.5) is 10.2 Å². The Labute approximate surface area is 129 Å². The van der Waals surface area contributed by atoms with Crippen LogP contribution < -0.4 is 5.32 Å². The number of anilines is 1. The molecule has 0 atom stereocenters. The van der Waals surface area contributed by atoms with Crippen molar-refractivity contribution in [3.8, 4) is 0 Å². The molecule has 0 unspecified atom stereocenters. The average Bonchev–Trinajstić information content (AvgIpc) is 2.45. The lowest BCUT2D eigenvalue weighted by Gasteiger charge is -2.14. The molecule has 21 heavy (non-hydrogen) atoms. The third-order valence-corrected chi connectivity index (χ3v) is 4.11. The molecule has 5 heteroatoms. The van der Waals surface area contributed by atoms with Crippen molar-refractivity contribution in [2.45, 2.75) is 43.5 Å². The molecule has 0 saturated carbocycles. The normalized spacial score (nSPS) is 11.0. The number of halogens is 1. The molecule has 112 valence electrons. The predicted octanol–water partition coefficient (Wildman–Crippen LogP) is 4.63.